The van der Waals surface area contributed by atoms with Gasteiger partial charge >= 0.3 is 0 Å². The molecule has 0 saturated carbocycles. The Labute approximate surface area is 121 Å². The third-order valence-electron chi connectivity index (χ3n) is 2.44. The van der Waals surface area contributed by atoms with Crippen molar-refractivity contribution < 1.29 is 4.79 Å². The third-order valence-corrected chi connectivity index (χ3v) is 3.65. The summed E-state index contributed by atoms with van der Waals surface area (Å²) in [6, 6.07) is 7.97. The first-order chi connectivity index (χ1) is 8.13. The van der Waals surface area contributed by atoms with E-state index >= 15 is 0 Å². The lowest BCUT2D eigenvalue weighted by atomic mass is 10.1. The maximum Gasteiger partial charge on any atom is 0.164 e. The van der Waals surface area contributed by atoms with Gasteiger partial charge in [-0.3, -0.25) is 4.79 Å². The van der Waals surface area contributed by atoms with Gasteiger partial charge in [0.2, 0.25) is 0 Å². The average molecular weight is 288 g/mol. The minimum atomic E-state index is 0. The molecule has 4 heteroatoms. The molecule has 0 unspecified atom stereocenters. The van der Waals surface area contributed by atoms with E-state index in [1.54, 1.807) is 0 Å². The maximum absolute atomic E-state index is 11.8. The van der Waals surface area contributed by atoms with Crippen LogP contribution in [0.4, 0.5) is 0 Å². The number of thioether (sulfide) groups is 1. The van der Waals surface area contributed by atoms with Crippen molar-refractivity contribution >= 4 is 30.0 Å². The Morgan fingerprint density at radius 1 is 1.22 bits per heavy atom. The summed E-state index contributed by atoms with van der Waals surface area (Å²) in [5, 5.41) is 0. The van der Waals surface area contributed by atoms with Gasteiger partial charge in [0, 0.05) is 23.4 Å². The van der Waals surface area contributed by atoms with Crippen LogP contribution in [-0.4, -0.2) is 37.1 Å². The fourth-order valence-corrected chi connectivity index (χ4v) is 2.19. The molecule has 1 rings (SSSR count). The Hall–Kier alpha value is -0.510. The topological polar surface area (TPSA) is 20.3 Å². The van der Waals surface area contributed by atoms with Crippen molar-refractivity contribution in [1.82, 2.24) is 4.90 Å². The standard InChI is InChI=1S/C14H21NOS.ClH/c1-4-11-17-13-7-5-12(6-8-13)14(16)9-10-15(2)3;/h5-8H,4,9-11H2,1-3H3;1H. The monoisotopic (exact) mass is 287 g/mol. The number of carbonyl (C=O) groups is 1. The molecule has 0 saturated heterocycles. The zero-order chi connectivity index (χ0) is 12.7. The molecule has 1 aromatic rings. The average Bonchev–Trinajstić information content (AvgIpc) is 2.34. The lowest BCUT2D eigenvalue weighted by Gasteiger charge is -2.08. The first kappa shape index (κ1) is 17.5. The minimum Gasteiger partial charge on any atom is -0.309 e. The molecule has 0 aromatic heterocycles. The van der Waals surface area contributed by atoms with Crippen LogP contribution < -0.4 is 0 Å². The highest BCUT2D eigenvalue weighted by Crippen LogP contribution is 2.19. The van der Waals surface area contributed by atoms with Gasteiger partial charge in [0.15, 0.2) is 5.78 Å². The summed E-state index contributed by atoms with van der Waals surface area (Å²) in [4.78, 5) is 15.1. The molecule has 0 spiro atoms. The molecule has 1 aromatic carbocycles. The highest BCUT2D eigenvalue weighted by atomic mass is 35.5. The molecule has 18 heavy (non-hydrogen) atoms. The first-order valence-electron chi connectivity index (χ1n) is 6.04. The summed E-state index contributed by atoms with van der Waals surface area (Å²) in [5.41, 5.74) is 0.827. The van der Waals surface area contributed by atoms with Crippen molar-refractivity contribution in [2.75, 3.05) is 26.4 Å². The van der Waals surface area contributed by atoms with Crippen LogP contribution in [0.3, 0.4) is 0 Å². The fourth-order valence-electron chi connectivity index (χ4n) is 1.43. The van der Waals surface area contributed by atoms with Crippen LogP contribution in [0.25, 0.3) is 0 Å². The van der Waals surface area contributed by atoms with Gasteiger partial charge in [0.05, 0.1) is 0 Å². The van der Waals surface area contributed by atoms with E-state index in [2.05, 4.69) is 6.92 Å². The summed E-state index contributed by atoms with van der Waals surface area (Å²) >= 11 is 1.84. The molecule has 0 bridgehead atoms. The predicted octanol–water partition coefficient (Wildman–Crippen LogP) is 3.74. The molecule has 0 aliphatic rings. The zero-order valence-corrected chi connectivity index (χ0v) is 12.9. The Morgan fingerprint density at radius 2 is 1.83 bits per heavy atom. The van der Waals surface area contributed by atoms with Crippen molar-refractivity contribution in [3.05, 3.63) is 29.8 Å². The van der Waals surface area contributed by atoms with Crippen LogP contribution in [-0.2, 0) is 0 Å². The van der Waals surface area contributed by atoms with Crippen LogP contribution in [0.15, 0.2) is 29.2 Å². The number of rotatable bonds is 7. The van der Waals surface area contributed by atoms with Crippen LogP contribution in [0.5, 0.6) is 0 Å². The van der Waals surface area contributed by atoms with Gasteiger partial charge in [0.1, 0.15) is 0 Å². The molecule has 0 atom stereocenters. The number of hydrogen-bond donors (Lipinski definition) is 0. The third kappa shape index (κ3) is 6.43. The lowest BCUT2D eigenvalue weighted by Crippen LogP contribution is -2.16. The minimum absolute atomic E-state index is 0. The maximum atomic E-state index is 11.8. The quantitative estimate of drug-likeness (QED) is 0.563. The summed E-state index contributed by atoms with van der Waals surface area (Å²) in [6.45, 7) is 2.98. The summed E-state index contributed by atoms with van der Waals surface area (Å²) in [6.07, 6.45) is 1.77. The predicted molar refractivity (Wildman–Crippen MR) is 82.2 cm³/mol. The molecule has 0 heterocycles. The molecule has 102 valence electrons. The number of hydrogen-bond acceptors (Lipinski definition) is 3. The van der Waals surface area contributed by atoms with E-state index in [0.717, 1.165) is 17.9 Å². The molecule has 0 radical (unpaired) electrons. The highest BCUT2D eigenvalue weighted by molar-refractivity contribution is 7.99. The normalized spacial score (nSPS) is 10.2. The van der Waals surface area contributed by atoms with Crippen LogP contribution in [0.1, 0.15) is 30.1 Å². The van der Waals surface area contributed by atoms with Crippen molar-refractivity contribution in [3.8, 4) is 0 Å². The molecule has 0 aliphatic carbocycles. The van der Waals surface area contributed by atoms with Gasteiger partial charge in [-0.25, -0.2) is 0 Å². The van der Waals surface area contributed by atoms with Crippen LogP contribution in [0, 0.1) is 0 Å². The van der Waals surface area contributed by atoms with E-state index in [4.69, 9.17) is 0 Å². The van der Waals surface area contributed by atoms with Gasteiger partial charge in [-0.2, -0.15) is 0 Å². The summed E-state index contributed by atoms with van der Waals surface area (Å²) in [7, 11) is 3.97. The van der Waals surface area contributed by atoms with Gasteiger partial charge in [-0.1, -0.05) is 19.1 Å². The zero-order valence-electron chi connectivity index (χ0n) is 11.3. The van der Waals surface area contributed by atoms with Gasteiger partial charge in [-0.15, -0.1) is 24.2 Å². The van der Waals surface area contributed by atoms with Crippen molar-refractivity contribution in [1.29, 1.82) is 0 Å². The summed E-state index contributed by atoms with van der Waals surface area (Å²) < 4.78 is 0. The largest absolute Gasteiger partial charge is 0.309 e. The van der Waals surface area contributed by atoms with E-state index in [1.807, 2.05) is 55.0 Å². The SMILES string of the molecule is CCCSc1ccc(C(=O)CCN(C)C)cc1.Cl. The van der Waals surface area contributed by atoms with Crippen molar-refractivity contribution in [2.45, 2.75) is 24.7 Å². The highest BCUT2D eigenvalue weighted by Gasteiger charge is 2.06. The van der Waals surface area contributed by atoms with Gasteiger partial charge in [0.25, 0.3) is 0 Å². The lowest BCUT2D eigenvalue weighted by molar-refractivity contribution is 0.0972. The second kappa shape index (κ2) is 9.42. The van der Waals surface area contributed by atoms with Crippen molar-refractivity contribution in [3.63, 3.8) is 0 Å². The van der Waals surface area contributed by atoms with Gasteiger partial charge < -0.3 is 4.90 Å². The molecular weight excluding hydrogens is 266 g/mol. The number of ketones is 1. The van der Waals surface area contributed by atoms with E-state index in [-0.39, 0.29) is 18.2 Å². The molecule has 2 nitrogen and oxygen atoms in total. The van der Waals surface area contributed by atoms with Crippen LogP contribution >= 0.6 is 24.2 Å². The molecular formula is C14H22ClNOS. The molecule has 0 N–H and O–H groups in total. The Balaban J connectivity index is 0.00000289. The number of carbonyl (C=O) groups excluding carboxylic acids is 1. The second-order valence-electron chi connectivity index (χ2n) is 4.35. The van der Waals surface area contributed by atoms with Gasteiger partial charge in [-0.05, 0) is 38.4 Å². The number of benzene rings is 1. The Bertz CT molecular complexity index is 351. The molecule has 0 aliphatic heterocycles. The van der Waals surface area contributed by atoms with E-state index in [1.165, 1.54) is 11.3 Å². The fraction of sp³-hybridized carbons (Fsp3) is 0.500. The van der Waals surface area contributed by atoms with Crippen molar-refractivity contribution in [2.24, 2.45) is 0 Å². The Morgan fingerprint density at radius 3 is 2.33 bits per heavy atom. The Kier molecular flexibility index (Phi) is 9.16. The first-order valence-corrected chi connectivity index (χ1v) is 7.03. The van der Waals surface area contributed by atoms with E-state index in [0.29, 0.717) is 6.42 Å². The second-order valence-corrected chi connectivity index (χ2v) is 5.52. The van der Waals surface area contributed by atoms with E-state index in [9.17, 15) is 4.79 Å². The molecule has 0 amide bonds. The number of nitrogens with zero attached hydrogens (tertiary/aromatic N) is 1. The van der Waals surface area contributed by atoms with Crippen LogP contribution in [0.2, 0.25) is 0 Å². The van der Waals surface area contributed by atoms with E-state index < -0.39 is 0 Å². The molecule has 0 fully saturated rings. The summed E-state index contributed by atoms with van der Waals surface area (Å²) in [5.74, 6) is 1.36. The number of Topliss-reactive ketones (excluding diaryl/α,β-unsaturated/α-hetero) is 1. The number of halogens is 1. The smallest absolute Gasteiger partial charge is 0.164 e.